The summed E-state index contributed by atoms with van der Waals surface area (Å²) >= 11 is 1.79. The number of rotatable bonds is 7. The van der Waals surface area contributed by atoms with Gasteiger partial charge in [-0.25, -0.2) is 0 Å². The van der Waals surface area contributed by atoms with E-state index in [9.17, 15) is 0 Å². The van der Waals surface area contributed by atoms with Crippen LogP contribution in [0.2, 0.25) is 0 Å². The number of ether oxygens (including phenoxy) is 1. The fourth-order valence-corrected chi connectivity index (χ4v) is 2.96. The van der Waals surface area contributed by atoms with Crippen LogP contribution in [0, 0.1) is 6.92 Å². The molecular formula is C18H25NOS. The number of hydrogen-bond donors (Lipinski definition) is 1. The van der Waals surface area contributed by atoms with E-state index in [1.54, 1.807) is 11.3 Å². The Bertz CT molecular complexity index is 548. The fourth-order valence-electron chi connectivity index (χ4n) is 2.21. The van der Waals surface area contributed by atoms with Gasteiger partial charge in [-0.05, 0) is 48.4 Å². The number of aryl methyl sites for hydroxylation is 1. The Morgan fingerprint density at radius 3 is 2.67 bits per heavy atom. The molecule has 0 radical (unpaired) electrons. The van der Waals surface area contributed by atoms with E-state index in [1.165, 1.54) is 16.0 Å². The maximum atomic E-state index is 5.94. The van der Waals surface area contributed by atoms with Crippen molar-refractivity contribution < 1.29 is 4.74 Å². The van der Waals surface area contributed by atoms with Gasteiger partial charge in [-0.2, -0.15) is 0 Å². The molecule has 0 saturated heterocycles. The summed E-state index contributed by atoms with van der Waals surface area (Å²) in [6.07, 6.45) is 0. The lowest BCUT2D eigenvalue weighted by Gasteiger charge is -2.15. The molecule has 1 atom stereocenters. The highest BCUT2D eigenvalue weighted by atomic mass is 32.1. The fraction of sp³-hybridized carbons (Fsp3) is 0.444. The van der Waals surface area contributed by atoms with E-state index in [2.05, 4.69) is 68.7 Å². The molecule has 0 amide bonds. The topological polar surface area (TPSA) is 21.3 Å². The van der Waals surface area contributed by atoms with Crippen molar-refractivity contribution in [3.05, 3.63) is 51.7 Å². The normalized spacial score (nSPS) is 12.6. The van der Waals surface area contributed by atoms with E-state index in [-0.39, 0.29) is 0 Å². The molecule has 1 aromatic carbocycles. The van der Waals surface area contributed by atoms with Crippen molar-refractivity contribution in [2.75, 3.05) is 13.2 Å². The van der Waals surface area contributed by atoms with Crippen LogP contribution in [-0.4, -0.2) is 13.2 Å². The van der Waals surface area contributed by atoms with Gasteiger partial charge in [0.1, 0.15) is 12.4 Å². The van der Waals surface area contributed by atoms with Gasteiger partial charge < -0.3 is 10.1 Å². The second-order valence-corrected chi connectivity index (χ2v) is 6.70. The predicted molar refractivity (Wildman–Crippen MR) is 91.5 cm³/mol. The van der Waals surface area contributed by atoms with Crippen LogP contribution in [0.25, 0.3) is 0 Å². The van der Waals surface area contributed by atoms with Gasteiger partial charge in [-0.3, -0.25) is 0 Å². The lowest BCUT2D eigenvalue weighted by atomic mass is 10.0. The maximum Gasteiger partial charge on any atom is 0.122 e. The van der Waals surface area contributed by atoms with E-state index in [4.69, 9.17) is 4.74 Å². The zero-order chi connectivity index (χ0) is 15.2. The van der Waals surface area contributed by atoms with E-state index in [0.29, 0.717) is 18.6 Å². The smallest absolute Gasteiger partial charge is 0.122 e. The molecule has 0 aliphatic rings. The highest BCUT2D eigenvalue weighted by molar-refractivity contribution is 7.10. The largest absolute Gasteiger partial charge is 0.492 e. The van der Waals surface area contributed by atoms with Gasteiger partial charge >= 0.3 is 0 Å². The number of thiophene rings is 1. The Morgan fingerprint density at radius 1 is 1.19 bits per heavy atom. The number of hydrogen-bond acceptors (Lipinski definition) is 3. The summed E-state index contributed by atoms with van der Waals surface area (Å²) in [4.78, 5) is 1.37. The molecule has 1 unspecified atom stereocenters. The molecule has 0 fully saturated rings. The summed E-state index contributed by atoms with van der Waals surface area (Å²) in [6.45, 7) is 10.2. The van der Waals surface area contributed by atoms with Crippen molar-refractivity contribution in [1.82, 2.24) is 5.32 Å². The summed E-state index contributed by atoms with van der Waals surface area (Å²) in [7, 11) is 0. The Labute approximate surface area is 132 Å². The van der Waals surface area contributed by atoms with Crippen LogP contribution in [0.4, 0.5) is 0 Å². The van der Waals surface area contributed by atoms with Gasteiger partial charge in [0.15, 0.2) is 0 Å². The molecule has 0 aliphatic carbocycles. The Kier molecular flexibility index (Phi) is 5.83. The highest BCUT2D eigenvalue weighted by Crippen LogP contribution is 2.24. The molecule has 0 bridgehead atoms. The lowest BCUT2D eigenvalue weighted by molar-refractivity contribution is 0.305. The zero-order valence-electron chi connectivity index (χ0n) is 13.3. The average Bonchev–Trinajstić information content (AvgIpc) is 2.99. The first kappa shape index (κ1) is 16.1. The van der Waals surface area contributed by atoms with Gasteiger partial charge in [-0.15, -0.1) is 11.3 Å². The molecule has 2 nitrogen and oxygen atoms in total. The molecule has 1 heterocycles. The Balaban J connectivity index is 1.82. The van der Waals surface area contributed by atoms with Crippen LogP contribution in [0.5, 0.6) is 5.75 Å². The molecule has 2 rings (SSSR count). The van der Waals surface area contributed by atoms with Gasteiger partial charge in [-0.1, -0.05) is 32.0 Å². The van der Waals surface area contributed by atoms with Crippen molar-refractivity contribution in [2.45, 2.75) is 39.7 Å². The zero-order valence-corrected chi connectivity index (χ0v) is 14.2. The average molecular weight is 303 g/mol. The van der Waals surface area contributed by atoms with Gasteiger partial charge in [0.05, 0.1) is 0 Å². The Hall–Kier alpha value is -1.32. The van der Waals surface area contributed by atoms with Crippen LogP contribution in [-0.2, 0) is 0 Å². The van der Waals surface area contributed by atoms with E-state index in [1.807, 2.05) is 0 Å². The minimum absolute atomic E-state index is 0.386. The summed E-state index contributed by atoms with van der Waals surface area (Å²) < 4.78 is 5.94. The first-order valence-electron chi connectivity index (χ1n) is 7.58. The first-order valence-corrected chi connectivity index (χ1v) is 8.46. The summed E-state index contributed by atoms with van der Waals surface area (Å²) in [5.74, 6) is 1.54. The van der Waals surface area contributed by atoms with Crippen LogP contribution in [0.1, 0.15) is 48.7 Å². The molecule has 0 saturated carbocycles. The third-order valence-corrected chi connectivity index (χ3v) is 4.71. The Morgan fingerprint density at radius 2 is 2.00 bits per heavy atom. The predicted octanol–water partition coefficient (Wildman–Crippen LogP) is 4.91. The SMILES string of the molecule is Cc1ccc(C(C)C)cc1OCCNC(C)c1cccs1. The molecule has 21 heavy (non-hydrogen) atoms. The lowest BCUT2D eigenvalue weighted by Crippen LogP contribution is -2.23. The molecule has 1 aromatic heterocycles. The molecule has 1 N–H and O–H groups in total. The van der Waals surface area contributed by atoms with Crippen molar-refractivity contribution in [2.24, 2.45) is 0 Å². The van der Waals surface area contributed by atoms with Crippen molar-refractivity contribution in [3.63, 3.8) is 0 Å². The second-order valence-electron chi connectivity index (χ2n) is 5.72. The molecule has 0 aliphatic heterocycles. The van der Waals surface area contributed by atoms with Crippen molar-refractivity contribution in [1.29, 1.82) is 0 Å². The minimum Gasteiger partial charge on any atom is -0.492 e. The molecule has 114 valence electrons. The van der Waals surface area contributed by atoms with Crippen LogP contribution in [0.3, 0.4) is 0 Å². The highest BCUT2D eigenvalue weighted by Gasteiger charge is 2.07. The van der Waals surface area contributed by atoms with Gasteiger partial charge in [0.2, 0.25) is 0 Å². The van der Waals surface area contributed by atoms with Crippen molar-refractivity contribution in [3.8, 4) is 5.75 Å². The van der Waals surface area contributed by atoms with Crippen molar-refractivity contribution >= 4 is 11.3 Å². The van der Waals surface area contributed by atoms with Crippen LogP contribution in [0.15, 0.2) is 35.7 Å². The van der Waals surface area contributed by atoms with Crippen LogP contribution < -0.4 is 10.1 Å². The summed E-state index contributed by atoms with van der Waals surface area (Å²) in [5, 5.41) is 5.61. The monoisotopic (exact) mass is 303 g/mol. The number of nitrogens with one attached hydrogen (secondary N) is 1. The molecule has 3 heteroatoms. The minimum atomic E-state index is 0.386. The van der Waals surface area contributed by atoms with Crippen LogP contribution >= 0.6 is 11.3 Å². The van der Waals surface area contributed by atoms with Gasteiger partial charge in [0.25, 0.3) is 0 Å². The number of benzene rings is 1. The summed E-state index contributed by atoms with van der Waals surface area (Å²) in [5.41, 5.74) is 2.53. The third-order valence-electron chi connectivity index (χ3n) is 3.66. The second kappa shape index (κ2) is 7.62. The third kappa shape index (κ3) is 4.58. The quantitative estimate of drug-likeness (QED) is 0.734. The molecule has 0 spiro atoms. The van der Waals surface area contributed by atoms with E-state index < -0.39 is 0 Å². The molecular weight excluding hydrogens is 278 g/mol. The molecule has 2 aromatic rings. The maximum absolute atomic E-state index is 5.94. The summed E-state index contributed by atoms with van der Waals surface area (Å²) in [6, 6.07) is 11.1. The standard InChI is InChI=1S/C18H25NOS/c1-13(2)16-8-7-14(3)17(12-16)20-10-9-19-15(4)18-6-5-11-21-18/h5-8,11-13,15,19H,9-10H2,1-4H3. The first-order chi connectivity index (χ1) is 10.1. The van der Waals surface area contributed by atoms with Gasteiger partial charge in [0, 0.05) is 17.5 Å². The van der Waals surface area contributed by atoms with E-state index >= 15 is 0 Å². The van der Waals surface area contributed by atoms with E-state index in [0.717, 1.165) is 12.3 Å².